The molecule has 21 heavy (non-hydrogen) atoms. The summed E-state index contributed by atoms with van der Waals surface area (Å²) < 4.78 is 6.32. The number of ether oxygens (including phenoxy) is 1. The van der Waals surface area contributed by atoms with Crippen LogP contribution in [0.2, 0.25) is 0 Å². The number of nitrogens with one attached hydrogen (secondary N) is 1. The molecule has 3 heteroatoms. The summed E-state index contributed by atoms with van der Waals surface area (Å²) in [7, 11) is 0. The van der Waals surface area contributed by atoms with Crippen molar-refractivity contribution < 1.29 is 4.74 Å². The van der Waals surface area contributed by atoms with Crippen molar-refractivity contribution in [3.63, 3.8) is 0 Å². The van der Waals surface area contributed by atoms with Gasteiger partial charge in [0.1, 0.15) is 0 Å². The molecule has 1 N–H and O–H groups in total. The molecule has 2 aliphatic heterocycles. The molecular weight excluding hydrogens is 278 g/mol. The van der Waals surface area contributed by atoms with Crippen LogP contribution in [0.15, 0.2) is 0 Å². The Bertz CT molecular complexity index is 311. The molecule has 3 unspecified atom stereocenters. The van der Waals surface area contributed by atoms with Crippen molar-refractivity contribution in [2.24, 2.45) is 11.8 Å². The van der Waals surface area contributed by atoms with Gasteiger partial charge < -0.3 is 10.1 Å². The molecule has 2 saturated heterocycles. The molecule has 2 nitrogen and oxygen atoms in total. The fraction of sp³-hybridized carbons (Fsp3) is 1.00. The number of hydrogen-bond donors (Lipinski definition) is 1. The average molecular weight is 312 g/mol. The van der Waals surface area contributed by atoms with Crippen LogP contribution in [-0.4, -0.2) is 36.3 Å². The van der Waals surface area contributed by atoms with E-state index in [0.29, 0.717) is 0 Å². The van der Waals surface area contributed by atoms with Gasteiger partial charge in [0.25, 0.3) is 0 Å². The third-order valence-electron chi connectivity index (χ3n) is 6.08. The highest BCUT2D eigenvalue weighted by Crippen LogP contribution is 2.44. The van der Waals surface area contributed by atoms with Gasteiger partial charge in [-0.25, -0.2) is 0 Å². The van der Waals surface area contributed by atoms with Gasteiger partial charge in [-0.3, -0.25) is 0 Å². The highest BCUT2D eigenvalue weighted by molar-refractivity contribution is 7.99. The minimum atomic E-state index is 0.261. The third kappa shape index (κ3) is 3.97. The van der Waals surface area contributed by atoms with Gasteiger partial charge >= 0.3 is 0 Å². The zero-order valence-electron chi connectivity index (χ0n) is 13.7. The van der Waals surface area contributed by atoms with Gasteiger partial charge in [-0.15, -0.1) is 0 Å². The minimum absolute atomic E-state index is 0.261. The van der Waals surface area contributed by atoms with Crippen LogP contribution in [0.3, 0.4) is 0 Å². The van der Waals surface area contributed by atoms with Crippen molar-refractivity contribution in [3.8, 4) is 0 Å². The van der Waals surface area contributed by atoms with Gasteiger partial charge in [0.05, 0.1) is 5.60 Å². The van der Waals surface area contributed by atoms with Gasteiger partial charge in [0.15, 0.2) is 0 Å². The van der Waals surface area contributed by atoms with Crippen LogP contribution in [0.4, 0.5) is 0 Å². The molecule has 0 aromatic rings. The Labute approximate surface area is 135 Å². The molecule has 1 spiro atoms. The summed E-state index contributed by atoms with van der Waals surface area (Å²) in [5, 5.41) is 3.82. The van der Waals surface area contributed by atoms with Crippen molar-refractivity contribution >= 4 is 11.8 Å². The summed E-state index contributed by atoms with van der Waals surface area (Å²) in [6.07, 6.45) is 12.4. The summed E-state index contributed by atoms with van der Waals surface area (Å²) in [4.78, 5) is 0. The molecule has 122 valence electrons. The molecule has 3 rings (SSSR count). The zero-order chi connectivity index (χ0) is 14.5. The molecule has 0 radical (unpaired) electrons. The van der Waals surface area contributed by atoms with Crippen LogP contribution in [-0.2, 0) is 4.74 Å². The van der Waals surface area contributed by atoms with E-state index >= 15 is 0 Å². The van der Waals surface area contributed by atoms with Crippen LogP contribution in [0.5, 0.6) is 0 Å². The molecule has 1 aliphatic carbocycles. The monoisotopic (exact) mass is 311 g/mol. The Morgan fingerprint density at radius 2 is 1.90 bits per heavy atom. The molecule has 0 aromatic carbocycles. The highest BCUT2D eigenvalue weighted by Gasteiger charge is 2.42. The first kappa shape index (κ1) is 16.1. The van der Waals surface area contributed by atoms with Gasteiger partial charge in [-0.2, -0.15) is 11.8 Å². The van der Waals surface area contributed by atoms with E-state index in [1.807, 2.05) is 0 Å². The Morgan fingerprint density at radius 3 is 2.71 bits per heavy atom. The van der Waals surface area contributed by atoms with Crippen molar-refractivity contribution in [1.82, 2.24) is 5.32 Å². The maximum atomic E-state index is 6.32. The van der Waals surface area contributed by atoms with Crippen molar-refractivity contribution in [2.45, 2.75) is 76.4 Å². The standard InChI is InChI=1S/C18H33NOS/c1-2-19-17-7-5-3-4-6-16(17)15-8-11-20-18(14-15)9-12-21-13-10-18/h15-17,19H,2-14H2,1H3. The van der Waals surface area contributed by atoms with Gasteiger partial charge in [-0.05, 0) is 68.4 Å². The maximum absolute atomic E-state index is 6.32. The topological polar surface area (TPSA) is 21.3 Å². The largest absolute Gasteiger partial charge is 0.375 e. The molecular formula is C18H33NOS. The molecule has 0 amide bonds. The second kappa shape index (κ2) is 7.70. The molecule has 1 saturated carbocycles. The lowest BCUT2D eigenvalue weighted by Gasteiger charge is -2.46. The fourth-order valence-electron chi connectivity index (χ4n) is 4.94. The van der Waals surface area contributed by atoms with E-state index in [0.717, 1.165) is 31.0 Å². The van der Waals surface area contributed by atoms with E-state index in [2.05, 4.69) is 24.0 Å². The summed E-state index contributed by atoms with van der Waals surface area (Å²) in [5.74, 6) is 4.44. The first-order chi connectivity index (χ1) is 10.3. The average Bonchev–Trinajstić information content (AvgIpc) is 2.74. The Hall–Kier alpha value is 0.270. The van der Waals surface area contributed by atoms with Crippen LogP contribution in [0, 0.1) is 11.8 Å². The number of thioether (sulfide) groups is 1. The molecule has 3 atom stereocenters. The second-order valence-corrected chi connectivity index (χ2v) is 8.59. The lowest BCUT2D eigenvalue weighted by Crippen LogP contribution is -2.48. The molecule has 0 bridgehead atoms. The molecule has 3 aliphatic rings. The quantitative estimate of drug-likeness (QED) is 0.788. The van der Waals surface area contributed by atoms with Crippen LogP contribution >= 0.6 is 11.8 Å². The summed E-state index contributed by atoms with van der Waals surface area (Å²) >= 11 is 2.12. The first-order valence-corrected chi connectivity index (χ1v) is 10.4. The van der Waals surface area contributed by atoms with E-state index in [-0.39, 0.29) is 5.60 Å². The molecule has 3 fully saturated rings. The van der Waals surface area contributed by atoms with Crippen LogP contribution in [0.25, 0.3) is 0 Å². The van der Waals surface area contributed by atoms with Gasteiger partial charge in [-0.1, -0.05) is 26.2 Å². The van der Waals surface area contributed by atoms with Crippen LogP contribution < -0.4 is 5.32 Å². The summed E-state index contributed by atoms with van der Waals surface area (Å²) in [5.41, 5.74) is 0.261. The predicted octanol–water partition coefficient (Wildman–Crippen LogP) is 4.24. The van der Waals surface area contributed by atoms with E-state index in [9.17, 15) is 0 Å². The number of hydrogen-bond acceptors (Lipinski definition) is 3. The lowest BCUT2D eigenvalue weighted by atomic mass is 9.72. The van der Waals surface area contributed by atoms with E-state index in [1.54, 1.807) is 0 Å². The third-order valence-corrected chi connectivity index (χ3v) is 7.06. The lowest BCUT2D eigenvalue weighted by molar-refractivity contribution is -0.113. The minimum Gasteiger partial charge on any atom is -0.375 e. The van der Waals surface area contributed by atoms with Crippen molar-refractivity contribution in [1.29, 1.82) is 0 Å². The maximum Gasteiger partial charge on any atom is 0.0701 e. The Morgan fingerprint density at radius 1 is 1.10 bits per heavy atom. The van der Waals surface area contributed by atoms with E-state index < -0.39 is 0 Å². The van der Waals surface area contributed by atoms with Gasteiger partial charge in [0, 0.05) is 12.6 Å². The fourth-order valence-corrected chi connectivity index (χ4v) is 6.18. The van der Waals surface area contributed by atoms with Crippen LogP contribution in [0.1, 0.15) is 64.7 Å². The summed E-state index contributed by atoms with van der Waals surface area (Å²) in [6, 6.07) is 0.774. The summed E-state index contributed by atoms with van der Waals surface area (Å²) in [6.45, 7) is 4.42. The molecule has 2 heterocycles. The van der Waals surface area contributed by atoms with Gasteiger partial charge in [0.2, 0.25) is 0 Å². The Balaban J connectivity index is 1.67. The van der Waals surface area contributed by atoms with Crippen molar-refractivity contribution in [2.75, 3.05) is 24.7 Å². The first-order valence-electron chi connectivity index (χ1n) is 9.28. The highest BCUT2D eigenvalue weighted by atomic mass is 32.2. The molecule has 0 aromatic heterocycles. The predicted molar refractivity (Wildman–Crippen MR) is 92.0 cm³/mol. The smallest absolute Gasteiger partial charge is 0.0701 e. The Kier molecular flexibility index (Phi) is 5.92. The van der Waals surface area contributed by atoms with E-state index in [4.69, 9.17) is 4.74 Å². The van der Waals surface area contributed by atoms with Crippen molar-refractivity contribution in [3.05, 3.63) is 0 Å². The van der Waals surface area contributed by atoms with E-state index in [1.165, 1.54) is 69.3 Å². The number of rotatable bonds is 3. The normalized spacial score (nSPS) is 37.3. The zero-order valence-corrected chi connectivity index (χ0v) is 14.6. The SMILES string of the molecule is CCNC1CCCCCC1C1CCOC2(CCSCC2)C1. The second-order valence-electron chi connectivity index (χ2n) is 7.36.